The molecule has 2 aliphatic heterocycles. The maximum absolute atomic E-state index is 2.60. The van der Waals surface area contributed by atoms with E-state index >= 15 is 0 Å². The summed E-state index contributed by atoms with van der Waals surface area (Å²) in [5.74, 6) is 0. The van der Waals surface area contributed by atoms with Crippen molar-refractivity contribution in [3.8, 4) is 89.0 Å². The number of rotatable bonds is 10. The summed E-state index contributed by atoms with van der Waals surface area (Å²) in [7, 11) is 0. The monoisotopic (exact) mass is 1030 g/mol. The minimum atomic E-state index is -0.194. The van der Waals surface area contributed by atoms with Gasteiger partial charge in [0.05, 0.1) is 0 Å². The molecule has 3 heteroatoms. The third-order valence-electron chi connectivity index (χ3n) is 16.4. The number of benzene rings is 13. The SMILES string of the molecule is c1ccc(-c2cc3c(c(-c4ccccc4)c2)N(c2ccc(-c4ccccc4)c(-c4ccccc4)c2)c2cccc4c2B3c2cc(-c3ccccc3)cc(-c3ccccc3)c2N4c2ccc(-c3ccccc3)c(-c3ccccc3)c2)cc1. The van der Waals surface area contributed by atoms with Gasteiger partial charge in [0.15, 0.2) is 0 Å². The van der Waals surface area contributed by atoms with Crippen LogP contribution in [0.15, 0.2) is 322 Å². The van der Waals surface area contributed by atoms with Crippen molar-refractivity contribution in [3.05, 3.63) is 322 Å². The first-order valence-corrected chi connectivity index (χ1v) is 28.0. The number of hydrogen-bond acceptors (Lipinski definition) is 2. The highest BCUT2D eigenvalue weighted by atomic mass is 15.2. The zero-order chi connectivity index (χ0) is 53.6. The van der Waals surface area contributed by atoms with E-state index in [0.717, 1.165) is 33.9 Å². The largest absolute Gasteiger partial charge is 0.311 e. The Morgan fingerprint density at radius 1 is 0.198 bits per heavy atom. The predicted molar refractivity (Wildman–Crippen MR) is 344 cm³/mol. The second-order valence-electron chi connectivity index (χ2n) is 21.1. The van der Waals surface area contributed by atoms with E-state index in [-0.39, 0.29) is 6.71 Å². The Labute approximate surface area is 474 Å². The molecular formula is C78H53BN2. The van der Waals surface area contributed by atoms with Crippen LogP contribution in [0.4, 0.5) is 34.1 Å². The molecule has 0 amide bonds. The smallest absolute Gasteiger partial charge is 0.252 e. The van der Waals surface area contributed by atoms with Gasteiger partial charge in [-0.25, -0.2) is 0 Å². The Morgan fingerprint density at radius 2 is 0.481 bits per heavy atom. The molecule has 0 aliphatic carbocycles. The summed E-state index contributed by atoms with van der Waals surface area (Å²) in [6.07, 6.45) is 0. The Morgan fingerprint density at radius 3 is 0.802 bits per heavy atom. The summed E-state index contributed by atoms with van der Waals surface area (Å²) in [6, 6.07) is 119. The second kappa shape index (κ2) is 20.4. The van der Waals surface area contributed by atoms with E-state index in [1.165, 1.54) is 106 Å². The van der Waals surface area contributed by atoms with Gasteiger partial charge in [-0.1, -0.05) is 273 Å². The number of anilines is 6. The first kappa shape index (κ1) is 47.7. The molecule has 0 unspecified atom stereocenters. The molecule has 378 valence electrons. The molecule has 0 atom stereocenters. The molecule has 0 saturated carbocycles. The highest BCUT2D eigenvalue weighted by molar-refractivity contribution is 7.00. The van der Waals surface area contributed by atoms with E-state index in [4.69, 9.17) is 0 Å². The van der Waals surface area contributed by atoms with Gasteiger partial charge in [-0.2, -0.15) is 0 Å². The fourth-order valence-electron chi connectivity index (χ4n) is 12.8. The summed E-state index contributed by atoms with van der Waals surface area (Å²) in [5, 5.41) is 0. The lowest BCUT2D eigenvalue weighted by Crippen LogP contribution is -2.61. The van der Waals surface area contributed by atoms with Crippen molar-refractivity contribution in [1.82, 2.24) is 0 Å². The van der Waals surface area contributed by atoms with Gasteiger partial charge in [0, 0.05) is 45.3 Å². The van der Waals surface area contributed by atoms with Crippen molar-refractivity contribution >= 4 is 57.2 Å². The Kier molecular flexibility index (Phi) is 12.0. The van der Waals surface area contributed by atoms with E-state index in [1.54, 1.807) is 0 Å². The summed E-state index contributed by atoms with van der Waals surface area (Å²) in [5.41, 5.74) is 29.4. The van der Waals surface area contributed by atoms with E-state index in [1.807, 2.05) is 0 Å². The van der Waals surface area contributed by atoms with Crippen molar-refractivity contribution in [2.24, 2.45) is 0 Å². The molecule has 13 aromatic carbocycles. The zero-order valence-corrected chi connectivity index (χ0v) is 44.6. The van der Waals surface area contributed by atoms with Crippen LogP contribution in [0, 0.1) is 0 Å². The first-order chi connectivity index (χ1) is 40.2. The van der Waals surface area contributed by atoms with Crippen LogP contribution in [0.3, 0.4) is 0 Å². The van der Waals surface area contributed by atoms with Crippen LogP contribution in [0.1, 0.15) is 0 Å². The van der Waals surface area contributed by atoms with Gasteiger partial charge in [-0.05, 0) is 143 Å². The fraction of sp³-hybridized carbons (Fsp3) is 0. The minimum Gasteiger partial charge on any atom is -0.311 e. The van der Waals surface area contributed by atoms with Crippen LogP contribution < -0.4 is 26.2 Å². The molecule has 13 aromatic rings. The van der Waals surface area contributed by atoms with Crippen molar-refractivity contribution < 1.29 is 0 Å². The minimum absolute atomic E-state index is 0.194. The third-order valence-corrected chi connectivity index (χ3v) is 16.4. The van der Waals surface area contributed by atoms with E-state index < -0.39 is 0 Å². The topological polar surface area (TPSA) is 6.48 Å². The Balaban J connectivity index is 1.09. The number of hydrogen-bond donors (Lipinski definition) is 0. The van der Waals surface area contributed by atoms with Crippen LogP contribution in [0.2, 0.25) is 0 Å². The van der Waals surface area contributed by atoms with E-state index in [0.29, 0.717) is 0 Å². The fourth-order valence-corrected chi connectivity index (χ4v) is 12.8. The van der Waals surface area contributed by atoms with Gasteiger partial charge >= 0.3 is 0 Å². The summed E-state index contributed by atoms with van der Waals surface area (Å²) in [4.78, 5) is 5.19. The molecule has 0 bridgehead atoms. The van der Waals surface area contributed by atoms with Crippen molar-refractivity contribution in [1.29, 1.82) is 0 Å². The molecule has 0 spiro atoms. The summed E-state index contributed by atoms with van der Waals surface area (Å²) >= 11 is 0. The normalized spacial score (nSPS) is 12.1. The van der Waals surface area contributed by atoms with Gasteiger partial charge in [-0.15, -0.1) is 0 Å². The quantitative estimate of drug-likeness (QED) is 0.126. The summed E-state index contributed by atoms with van der Waals surface area (Å²) in [6.45, 7) is -0.194. The van der Waals surface area contributed by atoms with Gasteiger partial charge in [0.2, 0.25) is 0 Å². The van der Waals surface area contributed by atoms with Crippen LogP contribution in [0.25, 0.3) is 89.0 Å². The predicted octanol–water partition coefficient (Wildman–Crippen LogP) is 19.1. The lowest BCUT2D eigenvalue weighted by atomic mass is 9.33. The molecule has 0 radical (unpaired) electrons. The Bertz CT molecular complexity index is 4140. The van der Waals surface area contributed by atoms with Gasteiger partial charge in [0.1, 0.15) is 0 Å². The van der Waals surface area contributed by atoms with Gasteiger partial charge in [0.25, 0.3) is 6.71 Å². The van der Waals surface area contributed by atoms with Gasteiger partial charge < -0.3 is 9.80 Å². The van der Waals surface area contributed by atoms with Gasteiger partial charge in [-0.3, -0.25) is 0 Å². The molecule has 2 aliphatic rings. The van der Waals surface area contributed by atoms with E-state index in [9.17, 15) is 0 Å². The molecule has 0 N–H and O–H groups in total. The maximum Gasteiger partial charge on any atom is 0.252 e. The van der Waals surface area contributed by atoms with Crippen LogP contribution >= 0.6 is 0 Å². The molecule has 15 rings (SSSR count). The highest BCUT2D eigenvalue weighted by Crippen LogP contribution is 2.52. The molecule has 81 heavy (non-hydrogen) atoms. The average Bonchev–Trinajstić information content (AvgIpc) is 2.03. The van der Waals surface area contributed by atoms with Crippen molar-refractivity contribution in [3.63, 3.8) is 0 Å². The lowest BCUT2D eigenvalue weighted by molar-refractivity contribution is 1.25. The molecule has 0 fully saturated rings. The maximum atomic E-state index is 2.60. The average molecular weight is 1030 g/mol. The number of fused-ring (bicyclic) bond motifs is 4. The molecule has 2 nitrogen and oxygen atoms in total. The molecule has 0 saturated heterocycles. The first-order valence-electron chi connectivity index (χ1n) is 28.0. The highest BCUT2D eigenvalue weighted by Gasteiger charge is 2.46. The Hall–Kier alpha value is -10.5. The van der Waals surface area contributed by atoms with Crippen molar-refractivity contribution in [2.75, 3.05) is 9.80 Å². The second-order valence-corrected chi connectivity index (χ2v) is 21.1. The zero-order valence-electron chi connectivity index (χ0n) is 44.6. The number of nitrogens with zero attached hydrogens (tertiary/aromatic N) is 2. The molecular weight excluding hydrogens is 976 g/mol. The van der Waals surface area contributed by atoms with Crippen LogP contribution in [-0.4, -0.2) is 6.71 Å². The van der Waals surface area contributed by atoms with Crippen LogP contribution in [0.5, 0.6) is 0 Å². The molecule has 2 heterocycles. The summed E-state index contributed by atoms with van der Waals surface area (Å²) < 4.78 is 0. The van der Waals surface area contributed by atoms with Crippen LogP contribution in [-0.2, 0) is 0 Å². The lowest BCUT2D eigenvalue weighted by Gasteiger charge is -2.46. The van der Waals surface area contributed by atoms with Crippen molar-refractivity contribution in [2.45, 2.75) is 0 Å². The molecule has 0 aromatic heterocycles. The standard InChI is InChI=1S/C78H53BN2/c1-9-26-54(27-10-1)62-48-70(60-38-21-7-22-39-60)77-72(50-62)79-73-51-63(55-28-11-2-12-29-55)49-71(61-40-23-8-24-41-61)78(73)81(65-45-47-67(57-32-15-4-16-33-57)69(53-65)59-36-19-6-20-37-59)75-43-25-42-74(76(75)79)80(77)64-44-46-66(56-30-13-3-14-31-56)68(52-64)58-34-17-5-18-35-58/h1-53H. The third kappa shape index (κ3) is 8.46. The van der Waals surface area contributed by atoms with E-state index in [2.05, 4.69) is 331 Å².